The molecule has 2 aliphatic rings. The third kappa shape index (κ3) is 6.70. The van der Waals surface area contributed by atoms with Crippen molar-refractivity contribution in [3.63, 3.8) is 0 Å². The Labute approximate surface area is 210 Å². The van der Waals surface area contributed by atoms with E-state index < -0.39 is 7.12 Å². The summed E-state index contributed by atoms with van der Waals surface area (Å²) in [5, 5.41) is 0. The third-order valence-corrected chi connectivity index (χ3v) is 6.63. The summed E-state index contributed by atoms with van der Waals surface area (Å²) in [6.07, 6.45) is 0. The van der Waals surface area contributed by atoms with E-state index in [1.54, 1.807) is 26.0 Å². The lowest BCUT2D eigenvalue weighted by Gasteiger charge is -2.33. The van der Waals surface area contributed by atoms with Crippen molar-refractivity contribution in [1.29, 1.82) is 0 Å². The number of ketones is 2. The minimum Gasteiger partial charge on any atom is -0.407 e. The number of Topliss-reactive ketones (excluding diaryl/α,β-unsaturated/α-hetero) is 2. The van der Waals surface area contributed by atoms with E-state index in [1.165, 1.54) is 0 Å². The Hall–Kier alpha value is -2.25. The third-order valence-electron chi connectivity index (χ3n) is 6.63. The molecule has 0 amide bonds. The molecule has 0 radical (unpaired) electrons. The molecule has 0 aliphatic carbocycles. The maximum atomic E-state index is 11.4. The van der Waals surface area contributed by atoms with Crippen LogP contribution in [0, 0.1) is 5.41 Å². The average molecular weight is 478 g/mol. The Morgan fingerprint density at radius 1 is 0.686 bits per heavy atom. The van der Waals surface area contributed by atoms with Crippen molar-refractivity contribution in [1.82, 2.24) is 0 Å². The van der Waals surface area contributed by atoms with Crippen LogP contribution in [0.2, 0.25) is 0 Å². The van der Waals surface area contributed by atoms with Gasteiger partial charge in [-0.1, -0.05) is 62.4 Å². The highest BCUT2D eigenvalue weighted by Gasteiger charge is 2.51. The quantitative estimate of drug-likeness (QED) is 0.492. The molecule has 0 saturated carbocycles. The van der Waals surface area contributed by atoms with E-state index in [-0.39, 0.29) is 35.3 Å². The van der Waals surface area contributed by atoms with Gasteiger partial charge in [0, 0.05) is 29.8 Å². The molecule has 2 aliphatic heterocycles. The lowest BCUT2D eigenvalue weighted by Crippen LogP contribution is -2.47. The van der Waals surface area contributed by atoms with Crippen LogP contribution >= 0.6 is 0 Å². The van der Waals surface area contributed by atoms with Gasteiger partial charge in [-0.25, -0.2) is 0 Å². The predicted molar refractivity (Wildman–Crippen MR) is 140 cm³/mol. The maximum absolute atomic E-state index is 11.4. The van der Waals surface area contributed by atoms with Gasteiger partial charge in [0.2, 0.25) is 0 Å². The first kappa shape index (κ1) is 27.3. The second-order valence-corrected chi connectivity index (χ2v) is 11.1. The van der Waals surface area contributed by atoms with Gasteiger partial charge >= 0.3 is 14.2 Å². The molecular weight excluding hydrogens is 442 g/mol. The molecule has 2 fully saturated rings. The van der Waals surface area contributed by atoms with E-state index in [0.29, 0.717) is 24.3 Å². The van der Waals surface area contributed by atoms with Crippen molar-refractivity contribution in [2.45, 2.75) is 66.6 Å². The number of hydrogen-bond donors (Lipinski definition) is 0. The number of carbonyl (C=O) groups excluding carboxylic acids is 2. The number of hydrogen-bond acceptors (Lipinski definition) is 6. The SMILES string of the molecule is CC(=O)c1cccc(B2OC(C)(C)C(C)(C)O2)c1.CC(=O)c1cccc(B2OCC(C)(C)CO2)c1. The minimum atomic E-state index is -0.408. The van der Waals surface area contributed by atoms with E-state index in [2.05, 4.69) is 13.8 Å². The molecule has 2 heterocycles. The largest absolute Gasteiger partial charge is 0.494 e. The maximum Gasteiger partial charge on any atom is 0.494 e. The van der Waals surface area contributed by atoms with Gasteiger partial charge in [-0.05, 0) is 52.5 Å². The first-order valence-electron chi connectivity index (χ1n) is 12.0. The molecule has 0 bridgehead atoms. The molecule has 2 saturated heterocycles. The molecule has 2 aromatic carbocycles. The topological polar surface area (TPSA) is 71.1 Å². The van der Waals surface area contributed by atoms with E-state index >= 15 is 0 Å². The summed E-state index contributed by atoms with van der Waals surface area (Å²) in [6, 6.07) is 14.9. The predicted octanol–water partition coefficient (Wildman–Crippen LogP) is 3.85. The monoisotopic (exact) mass is 478 g/mol. The first-order valence-corrected chi connectivity index (χ1v) is 12.0. The zero-order valence-electron chi connectivity index (χ0n) is 22.1. The van der Waals surface area contributed by atoms with E-state index in [1.807, 2.05) is 64.1 Å². The van der Waals surface area contributed by atoms with Crippen molar-refractivity contribution >= 4 is 36.7 Å². The van der Waals surface area contributed by atoms with Crippen LogP contribution in [0.25, 0.3) is 0 Å². The normalized spacial score (nSPS) is 20.1. The number of benzene rings is 2. The van der Waals surface area contributed by atoms with Crippen LogP contribution in [0.4, 0.5) is 0 Å². The minimum absolute atomic E-state index is 0.0494. The van der Waals surface area contributed by atoms with Crippen LogP contribution < -0.4 is 10.9 Å². The first-order chi connectivity index (χ1) is 16.2. The molecule has 6 nitrogen and oxygen atoms in total. The molecule has 35 heavy (non-hydrogen) atoms. The van der Waals surface area contributed by atoms with Gasteiger partial charge in [0.1, 0.15) is 0 Å². The van der Waals surface area contributed by atoms with Crippen LogP contribution in [0.3, 0.4) is 0 Å². The molecule has 0 N–H and O–H groups in total. The second-order valence-electron chi connectivity index (χ2n) is 11.1. The van der Waals surface area contributed by atoms with Crippen molar-refractivity contribution in [3.8, 4) is 0 Å². The smallest absolute Gasteiger partial charge is 0.407 e. The molecule has 0 unspecified atom stereocenters. The van der Waals surface area contributed by atoms with Gasteiger partial charge in [-0.3, -0.25) is 9.59 Å². The standard InChI is InChI=1S/C14H19BO3.C13H17BO3/c1-10(16)11-7-6-8-12(9-11)15-17-13(2,3)14(4,5)18-15;1-10(15)11-5-4-6-12(7-11)14-16-8-13(2,3)9-17-14/h6-9H,1-5H3;4-7H,8-9H2,1-3H3. The number of rotatable bonds is 4. The zero-order valence-corrected chi connectivity index (χ0v) is 22.1. The summed E-state index contributed by atoms with van der Waals surface area (Å²) in [6.45, 7) is 16.7. The lowest BCUT2D eigenvalue weighted by molar-refractivity contribution is 0.00578. The Kier molecular flexibility index (Phi) is 8.12. The van der Waals surface area contributed by atoms with Crippen LogP contribution in [-0.4, -0.2) is 50.2 Å². The fraction of sp³-hybridized carbons (Fsp3) is 0.481. The molecule has 0 aromatic heterocycles. The highest BCUT2D eigenvalue weighted by molar-refractivity contribution is 6.62. The fourth-order valence-electron chi connectivity index (χ4n) is 3.67. The van der Waals surface area contributed by atoms with Gasteiger partial charge in [0.05, 0.1) is 11.2 Å². The zero-order chi connectivity index (χ0) is 26.0. The Morgan fingerprint density at radius 3 is 1.49 bits per heavy atom. The van der Waals surface area contributed by atoms with Gasteiger partial charge in [-0.15, -0.1) is 0 Å². The van der Waals surface area contributed by atoms with E-state index in [9.17, 15) is 9.59 Å². The summed E-state index contributed by atoms with van der Waals surface area (Å²) in [4.78, 5) is 22.7. The highest BCUT2D eigenvalue weighted by atomic mass is 16.7. The molecule has 2 aromatic rings. The fourth-order valence-corrected chi connectivity index (χ4v) is 3.67. The van der Waals surface area contributed by atoms with Gasteiger partial charge in [0.15, 0.2) is 11.6 Å². The summed E-state index contributed by atoms with van der Waals surface area (Å²) in [5.74, 6) is 0.108. The Morgan fingerprint density at radius 2 is 1.09 bits per heavy atom. The van der Waals surface area contributed by atoms with Crippen LogP contribution in [0.5, 0.6) is 0 Å². The summed E-state index contributed by atoms with van der Waals surface area (Å²) >= 11 is 0. The highest BCUT2D eigenvalue weighted by Crippen LogP contribution is 2.36. The molecule has 0 atom stereocenters. The molecule has 0 spiro atoms. The van der Waals surface area contributed by atoms with Crippen LogP contribution in [0.15, 0.2) is 48.5 Å². The van der Waals surface area contributed by atoms with E-state index in [4.69, 9.17) is 18.6 Å². The Balaban J connectivity index is 0.000000196. The average Bonchev–Trinajstić information content (AvgIpc) is 3.01. The van der Waals surface area contributed by atoms with Crippen molar-refractivity contribution in [2.75, 3.05) is 13.2 Å². The lowest BCUT2D eigenvalue weighted by atomic mass is 9.75. The summed E-state index contributed by atoms with van der Waals surface area (Å²) in [5.41, 5.74) is 2.53. The molecule has 8 heteroatoms. The van der Waals surface area contributed by atoms with Gasteiger partial charge in [-0.2, -0.15) is 0 Å². The molecule has 4 rings (SSSR count). The van der Waals surface area contributed by atoms with Gasteiger partial charge < -0.3 is 18.6 Å². The van der Waals surface area contributed by atoms with Crippen LogP contribution in [-0.2, 0) is 18.6 Å². The van der Waals surface area contributed by atoms with Gasteiger partial charge in [0.25, 0.3) is 0 Å². The van der Waals surface area contributed by atoms with Crippen molar-refractivity contribution in [3.05, 3.63) is 59.7 Å². The second kappa shape index (κ2) is 10.4. The van der Waals surface area contributed by atoms with Crippen LogP contribution in [0.1, 0.15) is 76.1 Å². The summed E-state index contributed by atoms with van der Waals surface area (Å²) < 4.78 is 23.3. The van der Waals surface area contributed by atoms with Crippen molar-refractivity contribution < 1.29 is 28.2 Å². The Bertz CT molecular complexity index is 1050. The summed E-state index contributed by atoms with van der Waals surface area (Å²) in [7, 11) is -0.753. The van der Waals surface area contributed by atoms with E-state index in [0.717, 1.165) is 10.9 Å². The van der Waals surface area contributed by atoms with Crippen molar-refractivity contribution in [2.24, 2.45) is 5.41 Å². The molecular formula is C27H36B2O6. The molecule has 186 valence electrons. The number of carbonyl (C=O) groups is 2.